The molecule has 0 amide bonds. The summed E-state index contributed by atoms with van der Waals surface area (Å²) in [4.78, 5) is 4.12. The molecule has 23 heavy (non-hydrogen) atoms. The van der Waals surface area contributed by atoms with Crippen molar-refractivity contribution in [3.63, 3.8) is 0 Å². The molecule has 1 saturated heterocycles. The normalized spacial score (nSPS) is 32.4. The van der Waals surface area contributed by atoms with Crippen LogP contribution in [0.5, 0.6) is 0 Å². The van der Waals surface area contributed by atoms with Crippen molar-refractivity contribution in [1.29, 1.82) is 0 Å². The van der Waals surface area contributed by atoms with Crippen molar-refractivity contribution in [3.05, 3.63) is 35.6 Å². The zero-order chi connectivity index (χ0) is 17.0. The number of aliphatic hydroxyl groups is 3. The van der Waals surface area contributed by atoms with Gasteiger partial charge in [0.05, 0.1) is 6.61 Å². The van der Waals surface area contributed by atoms with Crippen LogP contribution in [-0.4, -0.2) is 62.3 Å². The van der Waals surface area contributed by atoms with E-state index in [0.29, 0.717) is 5.56 Å². The Hall–Kier alpha value is -1.14. The lowest BCUT2D eigenvalue weighted by Crippen LogP contribution is -2.56. The average molecular weight is 437 g/mol. The van der Waals surface area contributed by atoms with E-state index in [-0.39, 0.29) is 5.71 Å². The Morgan fingerprint density at radius 2 is 2.13 bits per heavy atom. The molecule has 126 valence electrons. The predicted molar refractivity (Wildman–Crippen MR) is 91.2 cm³/mol. The molecule has 1 aliphatic rings. The number of rotatable bonds is 4. The summed E-state index contributed by atoms with van der Waals surface area (Å²) >= 11 is 1.86. The van der Waals surface area contributed by atoms with Gasteiger partial charge in [-0.1, -0.05) is 12.1 Å². The van der Waals surface area contributed by atoms with Gasteiger partial charge < -0.3 is 25.9 Å². The van der Waals surface area contributed by atoms with Crippen molar-refractivity contribution < 1.29 is 24.4 Å². The highest BCUT2D eigenvalue weighted by atomic mass is 127. The molecule has 1 fully saturated rings. The predicted octanol–water partition coefficient (Wildman–Crippen LogP) is -0.198. The Bertz CT molecular complexity index is 601. The number of alkyl halides is 1. The number of halogens is 2. The third-order valence-electron chi connectivity index (χ3n) is 3.46. The van der Waals surface area contributed by atoms with Gasteiger partial charge in [0.25, 0.3) is 0 Å². The highest BCUT2D eigenvalue weighted by molar-refractivity contribution is 14.1. The first-order chi connectivity index (χ1) is 11.0. The molecule has 9 heteroatoms. The van der Waals surface area contributed by atoms with Crippen molar-refractivity contribution >= 4 is 34.5 Å². The molecule has 0 radical (unpaired) electrons. The van der Waals surface area contributed by atoms with E-state index in [1.807, 2.05) is 22.6 Å². The summed E-state index contributed by atoms with van der Waals surface area (Å²) in [7, 11) is 0. The van der Waals surface area contributed by atoms with Crippen molar-refractivity contribution in [2.75, 3.05) is 6.61 Å². The zero-order valence-electron chi connectivity index (χ0n) is 12.0. The molecule has 0 aliphatic carbocycles. The van der Waals surface area contributed by atoms with E-state index in [9.17, 15) is 19.7 Å². The molecule has 5 atom stereocenters. The zero-order valence-corrected chi connectivity index (χ0v) is 14.1. The minimum Gasteiger partial charge on any atom is -0.394 e. The van der Waals surface area contributed by atoms with Crippen LogP contribution < -0.4 is 5.84 Å². The van der Waals surface area contributed by atoms with Crippen LogP contribution in [-0.2, 0) is 4.74 Å². The Morgan fingerprint density at radius 3 is 2.74 bits per heavy atom. The highest BCUT2D eigenvalue weighted by Crippen LogP contribution is 2.26. The molecule has 0 spiro atoms. The molecular weight excluding hydrogens is 420 g/mol. The Kier molecular flexibility index (Phi) is 6.41. The largest absolute Gasteiger partial charge is 0.394 e. The lowest BCUT2D eigenvalue weighted by atomic mass is 9.98. The van der Waals surface area contributed by atoms with E-state index >= 15 is 0 Å². The minimum atomic E-state index is -1.19. The van der Waals surface area contributed by atoms with Crippen LogP contribution in [0.15, 0.2) is 34.4 Å². The van der Waals surface area contributed by atoms with Gasteiger partial charge in [-0.3, -0.25) is 4.99 Å². The first-order valence-electron chi connectivity index (χ1n) is 6.81. The summed E-state index contributed by atoms with van der Waals surface area (Å²) in [6.07, 6.45) is -1.86. The molecule has 1 aromatic carbocycles. The van der Waals surface area contributed by atoms with E-state index < -0.39 is 40.9 Å². The van der Waals surface area contributed by atoms with Gasteiger partial charge in [-0.2, -0.15) is 5.10 Å². The molecule has 7 nitrogen and oxygen atoms in total. The maximum absolute atomic E-state index is 13.3. The number of hydrazone groups is 1. The van der Waals surface area contributed by atoms with Crippen LogP contribution >= 0.6 is 22.6 Å². The number of aliphatic imine (C=N–C) groups is 1. The summed E-state index contributed by atoms with van der Waals surface area (Å²) in [5, 5.41) is 33.0. The number of hydrogen-bond donors (Lipinski definition) is 4. The minimum absolute atomic E-state index is 0.195. The fraction of sp³-hybridized carbons (Fsp3) is 0.429. The second-order valence-electron chi connectivity index (χ2n) is 4.98. The molecule has 1 heterocycles. The SMILES string of the molecule is NN=C(C=NC1C(O)[C@H](I)OC(CO)[C@@H]1O)c1cccc(F)c1. The quantitative estimate of drug-likeness (QED) is 0.171. The van der Waals surface area contributed by atoms with Gasteiger partial charge in [0.1, 0.15) is 40.0 Å². The van der Waals surface area contributed by atoms with Crippen LogP contribution in [0.25, 0.3) is 0 Å². The van der Waals surface area contributed by atoms with Crippen LogP contribution in [0, 0.1) is 5.82 Å². The van der Waals surface area contributed by atoms with Crippen molar-refractivity contribution in [2.24, 2.45) is 15.9 Å². The molecule has 5 N–H and O–H groups in total. The molecule has 0 bridgehead atoms. The van der Waals surface area contributed by atoms with E-state index in [1.165, 1.54) is 24.4 Å². The monoisotopic (exact) mass is 437 g/mol. The Morgan fingerprint density at radius 1 is 1.39 bits per heavy atom. The number of aliphatic hydroxyl groups excluding tert-OH is 3. The number of hydrogen-bond acceptors (Lipinski definition) is 7. The molecular formula is C14H17FIN3O4. The van der Waals surface area contributed by atoms with E-state index in [0.717, 1.165) is 0 Å². The summed E-state index contributed by atoms with van der Waals surface area (Å²) < 4.78 is 17.9. The molecule has 2 rings (SSSR count). The summed E-state index contributed by atoms with van der Waals surface area (Å²) in [5.74, 6) is 4.86. The van der Waals surface area contributed by atoms with Gasteiger partial charge >= 0.3 is 0 Å². The molecule has 1 aromatic rings. The number of nitrogens with zero attached hydrogens (tertiary/aromatic N) is 2. The molecule has 1 aliphatic heterocycles. The van der Waals surface area contributed by atoms with Crippen molar-refractivity contribution in [2.45, 2.75) is 28.5 Å². The standard InChI is InChI=1S/C14H17FIN3O4/c15-8-3-1-2-7(4-8)9(19-17)5-18-11-12(21)10(6-20)23-14(16)13(11)22/h1-5,10-14,20-22H,6,17H2/t10?,11?,12-,13?,14+/m0/s1. The van der Waals surface area contributed by atoms with Gasteiger partial charge in [-0.05, 0) is 34.7 Å². The summed E-state index contributed by atoms with van der Waals surface area (Å²) in [6, 6.07) is 4.72. The summed E-state index contributed by atoms with van der Waals surface area (Å²) in [6.45, 7) is -0.402. The second-order valence-corrected chi connectivity index (χ2v) is 6.21. The number of nitrogens with two attached hydrogens (primary N) is 1. The topological polar surface area (TPSA) is 121 Å². The maximum atomic E-state index is 13.3. The second kappa shape index (κ2) is 8.11. The van der Waals surface area contributed by atoms with Gasteiger partial charge in [0, 0.05) is 11.8 Å². The van der Waals surface area contributed by atoms with Crippen LogP contribution in [0.4, 0.5) is 4.39 Å². The number of benzene rings is 1. The fourth-order valence-corrected chi connectivity index (χ4v) is 3.02. The van der Waals surface area contributed by atoms with Gasteiger partial charge in [-0.25, -0.2) is 4.39 Å². The molecule has 3 unspecified atom stereocenters. The van der Waals surface area contributed by atoms with Crippen molar-refractivity contribution in [3.8, 4) is 0 Å². The maximum Gasteiger partial charge on any atom is 0.137 e. The average Bonchev–Trinajstić information content (AvgIpc) is 2.54. The van der Waals surface area contributed by atoms with Gasteiger partial charge in [0.2, 0.25) is 0 Å². The fourth-order valence-electron chi connectivity index (χ4n) is 2.22. The Balaban J connectivity index is 2.22. The molecule has 0 saturated carbocycles. The van der Waals surface area contributed by atoms with Crippen LogP contribution in [0.2, 0.25) is 0 Å². The number of ether oxygens (including phenoxy) is 1. The Labute approximate surface area is 145 Å². The van der Waals surface area contributed by atoms with Gasteiger partial charge in [-0.15, -0.1) is 0 Å². The van der Waals surface area contributed by atoms with E-state index in [1.54, 1.807) is 6.07 Å². The van der Waals surface area contributed by atoms with Crippen LogP contribution in [0.1, 0.15) is 5.56 Å². The summed E-state index contributed by atoms with van der Waals surface area (Å²) in [5.41, 5.74) is 0.609. The lowest BCUT2D eigenvalue weighted by molar-refractivity contribution is -0.153. The first-order valence-corrected chi connectivity index (χ1v) is 8.06. The van der Waals surface area contributed by atoms with E-state index in [2.05, 4.69) is 10.1 Å². The van der Waals surface area contributed by atoms with Crippen LogP contribution in [0.3, 0.4) is 0 Å². The lowest BCUT2D eigenvalue weighted by Gasteiger charge is -2.38. The third-order valence-corrected chi connectivity index (χ3v) is 4.49. The van der Waals surface area contributed by atoms with Gasteiger partial charge in [0.15, 0.2) is 0 Å². The van der Waals surface area contributed by atoms with Crippen molar-refractivity contribution in [1.82, 2.24) is 0 Å². The third kappa shape index (κ3) is 4.23. The first kappa shape index (κ1) is 18.2. The van der Waals surface area contributed by atoms with E-state index in [4.69, 9.17) is 10.6 Å². The molecule has 0 aromatic heterocycles. The smallest absolute Gasteiger partial charge is 0.137 e. The highest BCUT2D eigenvalue weighted by Gasteiger charge is 2.43.